The summed E-state index contributed by atoms with van der Waals surface area (Å²) < 4.78 is 39.7. The topological polar surface area (TPSA) is 101 Å². The Balaban J connectivity index is 1.61. The number of morpholine rings is 1. The molecule has 1 aliphatic rings. The zero-order valence-corrected chi connectivity index (χ0v) is 22.1. The van der Waals surface area contributed by atoms with Gasteiger partial charge in [0.25, 0.3) is 10.0 Å². The molecule has 0 unspecified atom stereocenters. The molecule has 1 N–H and O–H groups in total. The van der Waals surface area contributed by atoms with Crippen LogP contribution in [0.3, 0.4) is 0 Å². The van der Waals surface area contributed by atoms with Gasteiger partial charge in [-0.15, -0.1) is 0 Å². The van der Waals surface area contributed by atoms with Gasteiger partial charge in [0.2, 0.25) is 5.91 Å². The first-order chi connectivity index (χ1) is 17.8. The normalized spacial score (nSPS) is 13.8. The van der Waals surface area contributed by atoms with Crippen LogP contribution < -0.4 is 19.3 Å². The fourth-order valence-electron chi connectivity index (χ4n) is 4.07. The zero-order valence-electron chi connectivity index (χ0n) is 21.3. The molecule has 37 heavy (non-hydrogen) atoms. The van der Waals surface area contributed by atoms with Crippen molar-refractivity contribution in [3.05, 3.63) is 71.9 Å². The summed E-state index contributed by atoms with van der Waals surface area (Å²) in [6.07, 6.45) is 1.35. The van der Waals surface area contributed by atoms with Crippen molar-refractivity contribution in [3.63, 3.8) is 0 Å². The van der Waals surface area contributed by atoms with Crippen LogP contribution in [0.15, 0.2) is 65.7 Å². The average molecular weight is 525 g/mol. The molecule has 4 rings (SSSR count). The molecule has 0 saturated carbocycles. The van der Waals surface area contributed by atoms with E-state index in [2.05, 4.69) is 10.3 Å². The Hall–Kier alpha value is -3.63. The molecule has 0 bridgehead atoms. The van der Waals surface area contributed by atoms with Crippen molar-refractivity contribution < 1.29 is 22.7 Å². The van der Waals surface area contributed by atoms with Gasteiger partial charge in [-0.25, -0.2) is 13.4 Å². The molecule has 1 fully saturated rings. The molecule has 0 aliphatic carbocycles. The second-order valence-corrected chi connectivity index (χ2v) is 10.6. The maximum atomic E-state index is 13.8. The van der Waals surface area contributed by atoms with Crippen molar-refractivity contribution in [3.8, 4) is 5.75 Å². The van der Waals surface area contributed by atoms with Gasteiger partial charge in [0.15, 0.2) is 0 Å². The van der Waals surface area contributed by atoms with E-state index in [0.717, 1.165) is 15.4 Å². The fourth-order valence-corrected chi connectivity index (χ4v) is 5.49. The quantitative estimate of drug-likeness (QED) is 0.455. The number of ether oxygens (including phenoxy) is 2. The van der Waals surface area contributed by atoms with Gasteiger partial charge in [-0.3, -0.25) is 9.10 Å². The highest BCUT2D eigenvalue weighted by atomic mass is 32.2. The van der Waals surface area contributed by atoms with Gasteiger partial charge in [0.05, 0.1) is 25.5 Å². The molecule has 2 heterocycles. The Labute approximate surface area is 218 Å². The van der Waals surface area contributed by atoms with E-state index >= 15 is 0 Å². The van der Waals surface area contributed by atoms with Crippen LogP contribution in [0, 0.1) is 13.8 Å². The summed E-state index contributed by atoms with van der Waals surface area (Å²) in [5.74, 6) is 0.911. The predicted molar refractivity (Wildman–Crippen MR) is 144 cm³/mol. The van der Waals surface area contributed by atoms with Gasteiger partial charge in [-0.2, -0.15) is 0 Å². The molecule has 3 aromatic rings. The summed E-state index contributed by atoms with van der Waals surface area (Å²) in [6.45, 7) is 8.38. The predicted octanol–water partition coefficient (Wildman–Crippen LogP) is 3.77. The molecule has 0 spiro atoms. The first-order valence-electron chi connectivity index (χ1n) is 12.2. The molecule has 1 aliphatic heterocycles. The molecular weight excluding hydrogens is 492 g/mol. The third kappa shape index (κ3) is 6.20. The smallest absolute Gasteiger partial charge is 0.266 e. The summed E-state index contributed by atoms with van der Waals surface area (Å²) >= 11 is 0. The van der Waals surface area contributed by atoms with Gasteiger partial charge in [-0.05, 0) is 74.4 Å². The van der Waals surface area contributed by atoms with E-state index in [1.54, 1.807) is 42.5 Å². The van der Waals surface area contributed by atoms with Gasteiger partial charge < -0.3 is 19.7 Å². The van der Waals surface area contributed by atoms with Crippen LogP contribution in [0.5, 0.6) is 5.75 Å². The molecular formula is C27H32N4O5S. The van der Waals surface area contributed by atoms with E-state index in [-0.39, 0.29) is 4.90 Å². The lowest BCUT2D eigenvalue weighted by Crippen LogP contribution is -2.39. The Kier molecular flexibility index (Phi) is 8.30. The molecule has 10 heteroatoms. The van der Waals surface area contributed by atoms with Crippen LogP contribution in [-0.4, -0.2) is 58.8 Å². The van der Waals surface area contributed by atoms with Gasteiger partial charge in [0.1, 0.15) is 23.0 Å². The van der Waals surface area contributed by atoms with Gasteiger partial charge >= 0.3 is 0 Å². The van der Waals surface area contributed by atoms with Crippen molar-refractivity contribution >= 4 is 33.1 Å². The number of pyridine rings is 1. The summed E-state index contributed by atoms with van der Waals surface area (Å²) in [6, 6.07) is 15.6. The van der Waals surface area contributed by atoms with Gasteiger partial charge in [-0.1, -0.05) is 12.1 Å². The molecule has 2 aromatic carbocycles. The van der Waals surface area contributed by atoms with E-state index in [9.17, 15) is 13.2 Å². The second kappa shape index (κ2) is 11.6. The number of aryl methyl sites for hydroxylation is 1. The highest BCUT2D eigenvalue weighted by Crippen LogP contribution is 2.29. The standard InChI is InChI=1S/C27H32N4O5S/c1-4-36-23-10-8-22(9-11-23)29-27(32)19-31(25-7-5-6-20(2)21(25)3)37(33,34)24-12-13-26(28-18-24)30-14-16-35-17-15-30/h5-13,18H,4,14-17,19H2,1-3H3,(H,29,32). The Bertz CT molecular complexity index is 1320. The number of hydrogen-bond acceptors (Lipinski definition) is 7. The van der Waals surface area contributed by atoms with Crippen LogP contribution in [0.1, 0.15) is 18.1 Å². The minimum absolute atomic E-state index is 0.0132. The number of anilines is 3. The van der Waals surface area contributed by atoms with Crippen LogP contribution in [-0.2, 0) is 19.6 Å². The van der Waals surface area contributed by atoms with E-state index in [1.807, 2.05) is 31.7 Å². The highest BCUT2D eigenvalue weighted by molar-refractivity contribution is 7.92. The number of rotatable bonds is 9. The maximum absolute atomic E-state index is 13.8. The number of carbonyl (C=O) groups excluding carboxylic acids is 1. The molecule has 9 nitrogen and oxygen atoms in total. The third-order valence-electron chi connectivity index (χ3n) is 6.22. The summed E-state index contributed by atoms with van der Waals surface area (Å²) in [5, 5.41) is 2.79. The van der Waals surface area contributed by atoms with Crippen LogP contribution in [0.4, 0.5) is 17.2 Å². The lowest BCUT2D eigenvalue weighted by Gasteiger charge is -2.28. The van der Waals surface area contributed by atoms with Crippen molar-refractivity contribution in [2.45, 2.75) is 25.7 Å². The molecule has 1 saturated heterocycles. The minimum atomic E-state index is -4.10. The van der Waals surface area contributed by atoms with E-state index in [1.165, 1.54) is 12.3 Å². The third-order valence-corrected chi connectivity index (χ3v) is 7.97. The van der Waals surface area contributed by atoms with Crippen LogP contribution in [0.25, 0.3) is 0 Å². The number of carbonyl (C=O) groups is 1. The molecule has 1 aromatic heterocycles. The van der Waals surface area contributed by atoms with Crippen molar-refractivity contribution in [2.24, 2.45) is 0 Å². The Morgan fingerprint density at radius 1 is 1.08 bits per heavy atom. The molecule has 0 radical (unpaired) electrons. The van der Waals surface area contributed by atoms with Crippen molar-refractivity contribution in [1.29, 1.82) is 0 Å². The second-order valence-electron chi connectivity index (χ2n) is 8.69. The van der Waals surface area contributed by atoms with E-state index < -0.39 is 22.5 Å². The van der Waals surface area contributed by atoms with Gasteiger partial charge in [0, 0.05) is 25.0 Å². The maximum Gasteiger partial charge on any atom is 0.266 e. The minimum Gasteiger partial charge on any atom is -0.494 e. The first kappa shape index (κ1) is 26.4. The number of hydrogen-bond donors (Lipinski definition) is 1. The monoisotopic (exact) mass is 524 g/mol. The van der Waals surface area contributed by atoms with Crippen molar-refractivity contribution in [2.75, 3.05) is 54.0 Å². The number of sulfonamides is 1. The first-order valence-corrected chi connectivity index (χ1v) is 13.6. The van der Waals surface area contributed by atoms with Crippen LogP contribution >= 0.6 is 0 Å². The summed E-state index contributed by atoms with van der Waals surface area (Å²) in [4.78, 5) is 19.5. The molecule has 0 atom stereocenters. The largest absolute Gasteiger partial charge is 0.494 e. The SMILES string of the molecule is CCOc1ccc(NC(=O)CN(c2cccc(C)c2C)S(=O)(=O)c2ccc(N3CCOCC3)nc2)cc1. The molecule has 196 valence electrons. The number of aromatic nitrogens is 1. The number of amides is 1. The van der Waals surface area contributed by atoms with E-state index in [4.69, 9.17) is 9.47 Å². The Morgan fingerprint density at radius 3 is 2.46 bits per heavy atom. The zero-order chi connectivity index (χ0) is 26.4. The molecule has 1 amide bonds. The number of benzene rings is 2. The average Bonchev–Trinajstić information content (AvgIpc) is 2.91. The van der Waals surface area contributed by atoms with E-state index in [0.29, 0.717) is 55.9 Å². The number of nitrogens with zero attached hydrogens (tertiary/aromatic N) is 3. The van der Waals surface area contributed by atoms with Crippen LogP contribution in [0.2, 0.25) is 0 Å². The number of nitrogens with one attached hydrogen (secondary N) is 1. The lowest BCUT2D eigenvalue weighted by molar-refractivity contribution is -0.114. The van der Waals surface area contributed by atoms with Crippen molar-refractivity contribution in [1.82, 2.24) is 4.98 Å². The fraction of sp³-hybridized carbons (Fsp3) is 0.333. The summed E-state index contributed by atoms with van der Waals surface area (Å²) in [7, 11) is -4.10. The lowest BCUT2D eigenvalue weighted by atomic mass is 10.1. The highest BCUT2D eigenvalue weighted by Gasteiger charge is 2.29. The Morgan fingerprint density at radius 2 is 1.81 bits per heavy atom. The summed E-state index contributed by atoms with van der Waals surface area (Å²) in [5.41, 5.74) is 2.69.